The minimum atomic E-state index is -0.319. The molecule has 0 spiro atoms. The Morgan fingerprint density at radius 3 is 2.36 bits per heavy atom. The number of thiazole rings is 1. The molecule has 0 radical (unpaired) electrons. The Balaban J connectivity index is 1.68. The molecule has 0 unspecified atom stereocenters. The minimum Gasteiger partial charge on any atom is -0.308 e. The van der Waals surface area contributed by atoms with E-state index in [1.165, 1.54) is 23.8 Å². The number of urea groups is 1. The molecule has 0 saturated heterocycles. The average molecular weight is 354 g/mol. The number of aryl methyl sites for hydroxylation is 1. The summed E-state index contributed by atoms with van der Waals surface area (Å²) in [6, 6.07) is 12.9. The first kappa shape index (κ1) is 16.9. The van der Waals surface area contributed by atoms with Gasteiger partial charge in [-0.15, -0.1) is 0 Å². The third kappa shape index (κ3) is 4.33. The van der Waals surface area contributed by atoms with Crippen LogP contribution >= 0.6 is 11.3 Å². The second kappa shape index (κ2) is 7.31. The Kier molecular flexibility index (Phi) is 4.95. The van der Waals surface area contributed by atoms with E-state index in [-0.39, 0.29) is 11.9 Å². The Labute approximate surface area is 149 Å². The molecular weight excluding hydrogens is 336 g/mol. The Morgan fingerprint density at radius 1 is 1.00 bits per heavy atom. The number of aromatic nitrogens is 1. The molecule has 1 aromatic heterocycles. The van der Waals surface area contributed by atoms with Crippen molar-refractivity contribution >= 4 is 50.0 Å². The first-order valence-electron chi connectivity index (χ1n) is 7.88. The molecule has 3 N–H and O–H groups in total. The van der Waals surface area contributed by atoms with Crippen LogP contribution in [0.25, 0.3) is 10.2 Å². The summed E-state index contributed by atoms with van der Waals surface area (Å²) in [6.45, 7) is 3.53. The van der Waals surface area contributed by atoms with Gasteiger partial charge in [0.15, 0.2) is 5.13 Å². The van der Waals surface area contributed by atoms with E-state index in [2.05, 4.69) is 27.9 Å². The van der Waals surface area contributed by atoms with Crippen LogP contribution in [0, 0.1) is 0 Å². The largest absolute Gasteiger partial charge is 0.323 e. The van der Waals surface area contributed by atoms with Crippen molar-refractivity contribution < 1.29 is 9.59 Å². The summed E-state index contributed by atoms with van der Waals surface area (Å²) in [5.74, 6) is -0.161. The molecule has 128 valence electrons. The molecule has 2 aromatic carbocycles. The summed E-state index contributed by atoms with van der Waals surface area (Å²) in [5.41, 5.74) is 3.31. The number of nitrogens with one attached hydrogen (secondary N) is 3. The predicted octanol–water partition coefficient (Wildman–Crippen LogP) is 4.46. The van der Waals surface area contributed by atoms with E-state index >= 15 is 0 Å². The van der Waals surface area contributed by atoms with Crippen molar-refractivity contribution in [2.45, 2.75) is 20.3 Å². The summed E-state index contributed by atoms with van der Waals surface area (Å²) in [7, 11) is 0. The number of carbonyl (C=O) groups is 2. The lowest BCUT2D eigenvalue weighted by Crippen LogP contribution is -2.19. The van der Waals surface area contributed by atoms with Gasteiger partial charge in [-0.1, -0.05) is 30.4 Å². The second-order valence-corrected chi connectivity index (χ2v) is 6.54. The highest BCUT2D eigenvalue weighted by atomic mass is 32.1. The normalized spacial score (nSPS) is 10.5. The molecule has 0 aliphatic carbocycles. The van der Waals surface area contributed by atoms with Gasteiger partial charge in [0.2, 0.25) is 5.91 Å². The molecule has 25 heavy (non-hydrogen) atoms. The van der Waals surface area contributed by atoms with Gasteiger partial charge in [-0.05, 0) is 42.3 Å². The maximum absolute atomic E-state index is 12.1. The third-order valence-electron chi connectivity index (χ3n) is 3.55. The fraction of sp³-hybridized carbons (Fsp3) is 0.167. The van der Waals surface area contributed by atoms with Crippen molar-refractivity contribution in [3.05, 3.63) is 48.0 Å². The summed E-state index contributed by atoms with van der Waals surface area (Å²) < 4.78 is 0.935. The quantitative estimate of drug-likeness (QED) is 0.647. The Morgan fingerprint density at radius 2 is 1.68 bits per heavy atom. The van der Waals surface area contributed by atoms with Gasteiger partial charge < -0.3 is 16.0 Å². The fourth-order valence-corrected chi connectivity index (χ4v) is 3.22. The SMILES string of the molecule is CCc1ccc(NC(=O)Nc2ccc3sc(NC(C)=O)nc3c2)cc1. The van der Waals surface area contributed by atoms with Crippen LogP contribution in [-0.2, 0) is 11.2 Å². The van der Waals surface area contributed by atoms with Crippen molar-refractivity contribution in [1.82, 2.24) is 4.98 Å². The van der Waals surface area contributed by atoms with Gasteiger partial charge in [0.05, 0.1) is 10.2 Å². The van der Waals surface area contributed by atoms with Crippen LogP contribution in [0.4, 0.5) is 21.3 Å². The van der Waals surface area contributed by atoms with Crippen LogP contribution in [0.5, 0.6) is 0 Å². The van der Waals surface area contributed by atoms with E-state index in [1.807, 2.05) is 30.3 Å². The Hall–Kier alpha value is -2.93. The van der Waals surface area contributed by atoms with E-state index in [1.54, 1.807) is 12.1 Å². The van der Waals surface area contributed by atoms with Gasteiger partial charge in [-0.25, -0.2) is 9.78 Å². The molecule has 0 aliphatic heterocycles. The number of anilines is 3. The van der Waals surface area contributed by atoms with Crippen LogP contribution < -0.4 is 16.0 Å². The molecule has 0 bridgehead atoms. The van der Waals surface area contributed by atoms with Crippen LogP contribution in [0.15, 0.2) is 42.5 Å². The maximum atomic E-state index is 12.1. The molecule has 0 saturated carbocycles. The lowest BCUT2D eigenvalue weighted by atomic mass is 10.1. The smallest absolute Gasteiger partial charge is 0.308 e. The van der Waals surface area contributed by atoms with E-state index in [0.717, 1.165) is 22.3 Å². The van der Waals surface area contributed by atoms with Crippen LogP contribution in [-0.4, -0.2) is 16.9 Å². The monoisotopic (exact) mass is 354 g/mol. The van der Waals surface area contributed by atoms with Gasteiger partial charge in [-0.2, -0.15) is 0 Å². The minimum absolute atomic E-state index is 0.161. The average Bonchev–Trinajstić information content (AvgIpc) is 2.96. The molecule has 3 amide bonds. The molecule has 3 rings (SSSR count). The van der Waals surface area contributed by atoms with Gasteiger partial charge in [-0.3, -0.25) is 4.79 Å². The van der Waals surface area contributed by atoms with Crippen molar-refractivity contribution in [3.8, 4) is 0 Å². The summed E-state index contributed by atoms with van der Waals surface area (Å²) in [5, 5.41) is 8.79. The van der Waals surface area contributed by atoms with E-state index < -0.39 is 0 Å². The molecule has 7 heteroatoms. The molecule has 1 heterocycles. The zero-order valence-corrected chi connectivity index (χ0v) is 14.7. The van der Waals surface area contributed by atoms with Crippen molar-refractivity contribution in [1.29, 1.82) is 0 Å². The first-order valence-corrected chi connectivity index (χ1v) is 8.70. The van der Waals surface area contributed by atoms with Crippen molar-refractivity contribution in [2.75, 3.05) is 16.0 Å². The van der Waals surface area contributed by atoms with Crippen molar-refractivity contribution in [2.24, 2.45) is 0 Å². The van der Waals surface area contributed by atoms with E-state index in [4.69, 9.17) is 0 Å². The highest BCUT2D eigenvalue weighted by molar-refractivity contribution is 7.22. The highest BCUT2D eigenvalue weighted by Crippen LogP contribution is 2.28. The number of amides is 3. The van der Waals surface area contributed by atoms with Crippen molar-refractivity contribution in [3.63, 3.8) is 0 Å². The van der Waals surface area contributed by atoms with Crippen LogP contribution in [0.2, 0.25) is 0 Å². The third-order valence-corrected chi connectivity index (χ3v) is 4.50. The number of fused-ring (bicyclic) bond motifs is 1. The number of benzene rings is 2. The predicted molar refractivity (Wildman–Crippen MR) is 102 cm³/mol. The highest BCUT2D eigenvalue weighted by Gasteiger charge is 2.08. The van der Waals surface area contributed by atoms with Gasteiger partial charge in [0.25, 0.3) is 0 Å². The maximum Gasteiger partial charge on any atom is 0.323 e. The molecule has 0 atom stereocenters. The number of hydrogen-bond acceptors (Lipinski definition) is 4. The van der Waals surface area contributed by atoms with Crippen LogP contribution in [0.1, 0.15) is 19.4 Å². The Bertz CT molecular complexity index is 918. The molecule has 0 fully saturated rings. The first-order chi connectivity index (χ1) is 12.0. The molecule has 0 aliphatic rings. The molecule has 3 aromatic rings. The summed E-state index contributed by atoms with van der Waals surface area (Å²) in [4.78, 5) is 27.6. The molecular formula is C18H18N4O2S. The summed E-state index contributed by atoms with van der Waals surface area (Å²) in [6.07, 6.45) is 0.959. The second-order valence-electron chi connectivity index (χ2n) is 5.51. The summed E-state index contributed by atoms with van der Waals surface area (Å²) >= 11 is 1.39. The van der Waals surface area contributed by atoms with E-state index in [9.17, 15) is 9.59 Å². The van der Waals surface area contributed by atoms with E-state index in [0.29, 0.717) is 10.8 Å². The fourth-order valence-electron chi connectivity index (χ4n) is 2.33. The standard InChI is InChI=1S/C18H18N4O2S/c1-3-12-4-6-13(7-5-12)20-17(24)21-14-8-9-16-15(10-14)22-18(25-16)19-11(2)23/h4-10H,3H2,1-2H3,(H,19,22,23)(H2,20,21,24). The number of rotatable bonds is 4. The number of nitrogens with zero attached hydrogens (tertiary/aromatic N) is 1. The molecule has 6 nitrogen and oxygen atoms in total. The number of hydrogen-bond donors (Lipinski definition) is 3. The topological polar surface area (TPSA) is 83.1 Å². The van der Waals surface area contributed by atoms with Gasteiger partial charge in [0.1, 0.15) is 0 Å². The zero-order valence-electron chi connectivity index (χ0n) is 13.9. The van der Waals surface area contributed by atoms with Crippen LogP contribution in [0.3, 0.4) is 0 Å². The zero-order chi connectivity index (χ0) is 17.8. The number of carbonyl (C=O) groups excluding carboxylic acids is 2. The lowest BCUT2D eigenvalue weighted by molar-refractivity contribution is -0.114. The van der Waals surface area contributed by atoms with Gasteiger partial charge >= 0.3 is 6.03 Å². The lowest BCUT2D eigenvalue weighted by Gasteiger charge is -2.08. The van der Waals surface area contributed by atoms with Gasteiger partial charge in [0, 0.05) is 18.3 Å².